The first-order valence-corrected chi connectivity index (χ1v) is 5.98. The van der Waals surface area contributed by atoms with E-state index in [0.717, 1.165) is 11.6 Å². The van der Waals surface area contributed by atoms with Gasteiger partial charge in [-0.15, -0.1) is 0 Å². The van der Waals surface area contributed by atoms with Crippen molar-refractivity contribution in [2.75, 3.05) is 11.1 Å². The number of carbonyl (C=O) groups excluding carboxylic acids is 1. The van der Waals surface area contributed by atoms with Gasteiger partial charge in [0.05, 0.1) is 16.3 Å². The van der Waals surface area contributed by atoms with Crippen molar-refractivity contribution in [3.05, 3.63) is 58.4 Å². The molecule has 0 aliphatic carbocycles. The molecule has 5 heteroatoms. The number of nitrogen functional groups attached to an aromatic ring is 1. The Kier molecular flexibility index (Phi) is 3.71. The van der Waals surface area contributed by atoms with E-state index < -0.39 is 11.7 Å². The zero-order chi connectivity index (χ0) is 14.0. The van der Waals surface area contributed by atoms with Crippen molar-refractivity contribution < 1.29 is 9.18 Å². The predicted octanol–water partition coefficient (Wildman–Crippen LogP) is 3.62. The topological polar surface area (TPSA) is 55.1 Å². The van der Waals surface area contributed by atoms with Crippen LogP contribution in [0.25, 0.3) is 0 Å². The first-order chi connectivity index (χ1) is 8.99. The first-order valence-electron chi connectivity index (χ1n) is 5.60. The molecule has 0 saturated heterocycles. The van der Waals surface area contributed by atoms with E-state index in [4.69, 9.17) is 17.3 Å². The van der Waals surface area contributed by atoms with Gasteiger partial charge < -0.3 is 11.1 Å². The van der Waals surface area contributed by atoms with E-state index >= 15 is 0 Å². The van der Waals surface area contributed by atoms with Crippen molar-refractivity contribution in [1.82, 2.24) is 0 Å². The molecule has 0 aromatic heterocycles. The fourth-order valence-corrected chi connectivity index (χ4v) is 1.84. The van der Waals surface area contributed by atoms with Crippen molar-refractivity contribution in [2.45, 2.75) is 6.92 Å². The molecule has 0 fully saturated rings. The quantitative estimate of drug-likeness (QED) is 0.824. The number of carbonyl (C=O) groups is 1. The monoisotopic (exact) mass is 278 g/mol. The third-order valence-electron chi connectivity index (χ3n) is 2.69. The molecule has 2 rings (SSSR count). The lowest BCUT2D eigenvalue weighted by atomic mass is 10.1. The Morgan fingerprint density at radius 3 is 2.74 bits per heavy atom. The Bertz CT molecular complexity index is 643. The molecule has 2 aromatic rings. The lowest BCUT2D eigenvalue weighted by Crippen LogP contribution is -2.13. The lowest BCUT2D eigenvalue weighted by molar-refractivity contribution is 0.102. The van der Waals surface area contributed by atoms with Gasteiger partial charge in [-0.2, -0.15) is 0 Å². The second-order valence-electron chi connectivity index (χ2n) is 4.13. The van der Waals surface area contributed by atoms with Gasteiger partial charge in [-0.25, -0.2) is 4.39 Å². The number of nitrogens with two attached hydrogens (primary N) is 1. The summed E-state index contributed by atoms with van der Waals surface area (Å²) in [6.07, 6.45) is 0. The smallest absolute Gasteiger partial charge is 0.257 e. The number of benzene rings is 2. The van der Waals surface area contributed by atoms with E-state index in [1.165, 1.54) is 12.1 Å². The van der Waals surface area contributed by atoms with Gasteiger partial charge in [-0.1, -0.05) is 23.7 Å². The maximum Gasteiger partial charge on any atom is 0.257 e. The highest BCUT2D eigenvalue weighted by Gasteiger charge is 2.12. The van der Waals surface area contributed by atoms with Crippen LogP contribution in [-0.2, 0) is 0 Å². The predicted molar refractivity (Wildman–Crippen MR) is 75.0 cm³/mol. The number of nitrogens with one attached hydrogen (secondary N) is 1. The van der Waals surface area contributed by atoms with Crippen molar-refractivity contribution in [3.8, 4) is 0 Å². The third kappa shape index (κ3) is 2.85. The van der Waals surface area contributed by atoms with E-state index in [0.29, 0.717) is 16.3 Å². The number of anilines is 2. The fraction of sp³-hybridized carbons (Fsp3) is 0.0714. The molecule has 2 aromatic carbocycles. The standard InChI is InChI=1S/C14H12ClFN2O/c1-8-3-2-4-10(13(8)15)14(19)18-9-5-6-12(17)11(16)7-9/h2-7H,17H2,1H3,(H,18,19). The van der Waals surface area contributed by atoms with Crippen LogP contribution in [-0.4, -0.2) is 5.91 Å². The molecule has 98 valence electrons. The Morgan fingerprint density at radius 2 is 2.05 bits per heavy atom. The van der Waals surface area contributed by atoms with Gasteiger partial charge in [-0.3, -0.25) is 4.79 Å². The van der Waals surface area contributed by atoms with E-state index in [1.807, 2.05) is 13.0 Å². The minimum absolute atomic E-state index is 0.0339. The molecule has 0 atom stereocenters. The second-order valence-corrected chi connectivity index (χ2v) is 4.50. The summed E-state index contributed by atoms with van der Waals surface area (Å²) in [5.74, 6) is -0.967. The number of rotatable bonds is 2. The third-order valence-corrected chi connectivity index (χ3v) is 3.20. The minimum Gasteiger partial charge on any atom is -0.396 e. The van der Waals surface area contributed by atoms with Crippen LogP contribution in [0.4, 0.5) is 15.8 Å². The van der Waals surface area contributed by atoms with Gasteiger partial charge in [0.15, 0.2) is 0 Å². The van der Waals surface area contributed by atoms with E-state index in [-0.39, 0.29) is 5.69 Å². The van der Waals surface area contributed by atoms with E-state index in [2.05, 4.69) is 5.32 Å². The molecule has 0 unspecified atom stereocenters. The van der Waals surface area contributed by atoms with Crippen molar-refractivity contribution in [1.29, 1.82) is 0 Å². The Morgan fingerprint density at radius 1 is 1.32 bits per heavy atom. The molecule has 0 aliphatic rings. The van der Waals surface area contributed by atoms with Crippen LogP contribution in [0.5, 0.6) is 0 Å². The molecule has 0 bridgehead atoms. The van der Waals surface area contributed by atoms with Crippen LogP contribution in [0.1, 0.15) is 15.9 Å². The molecular formula is C14H12ClFN2O. The normalized spacial score (nSPS) is 10.3. The van der Waals surface area contributed by atoms with Crippen LogP contribution < -0.4 is 11.1 Å². The average Bonchev–Trinajstić information content (AvgIpc) is 2.37. The van der Waals surface area contributed by atoms with Crippen LogP contribution in [0.2, 0.25) is 5.02 Å². The Labute approximate surface area is 115 Å². The molecular weight excluding hydrogens is 267 g/mol. The van der Waals surface area contributed by atoms with Crippen molar-refractivity contribution in [2.24, 2.45) is 0 Å². The van der Waals surface area contributed by atoms with E-state index in [9.17, 15) is 9.18 Å². The van der Waals surface area contributed by atoms with Crippen molar-refractivity contribution in [3.63, 3.8) is 0 Å². The van der Waals surface area contributed by atoms with Gasteiger partial charge in [0.25, 0.3) is 5.91 Å². The highest BCUT2D eigenvalue weighted by molar-refractivity contribution is 6.35. The summed E-state index contributed by atoms with van der Waals surface area (Å²) in [6, 6.07) is 9.24. The highest BCUT2D eigenvalue weighted by Crippen LogP contribution is 2.22. The van der Waals surface area contributed by atoms with Gasteiger partial charge in [0.2, 0.25) is 0 Å². The van der Waals surface area contributed by atoms with E-state index in [1.54, 1.807) is 12.1 Å². The van der Waals surface area contributed by atoms with Gasteiger partial charge in [0.1, 0.15) is 5.82 Å². The van der Waals surface area contributed by atoms with Crippen LogP contribution in [0.15, 0.2) is 36.4 Å². The Hall–Kier alpha value is -2.07. The zero-order valence-electron chi connectivity index (χ0n) is 10.2. The SMILES string of the molecule is Cc1cccc(C(=O)Nc2ccc(N)c(F)c2)c1Cl. The van der Waals surface area contributed by atoms with Crippen LogP contribution >= 0.6 is 11.6 Å². The first kappa shape index (κ1) is 13.4. The molecule has 0 heterocycles. The largest absolute Gasteiger partial charge is 0.396 e. The van der Waals surface area contributed by atoms with Gasteiger partial charge in [-0.05, 0) is 36.8 Å². The summed E-state index contributed by atoms with van der Waals surface area (Å²) in [5.41, 5.74) is 6.88. The number of amides is 1. The molecule has 0 spiro atoms. The zero-order valence-corrected chi connectivity index (χ0v) is 11.0. The minimum atomic E-state index is -0.576. The molecule has 1 amide bonds. The molecule has 19 heavy (non-hydrogen) atoms. The highest BCUT2D eigenvalue weighted by atomic mass is 35.5. The summed E-state index contributed by atoms with van der Waals surface area (Å²) in [7, 11) is 0. The number of aryl methyl sites for hydroxylation is 1. The van der Waals surface area contributed by atoms with Crippen LogP contribution in [0, 0.1) is 12.7 Å². The maximum absolute atomic E-state index is 13.3. The Balaban J connectivity index is 2.26. The summed E-state index contributed by atoms with van der Waals surface area (Å²) < 4.78 is 13.3. The molecule has 0 saturated carbocycles. The number of halogens is 2. The maximum atomic E-state index is 13.3. The summed E-state index contributed by atoms with van der Waals surface area (Å²) in [5, 5.41) is 2.96. The number of hydrogen-bond donors (Lipinski definition) is 2. The number of hydrogen-bond acceptors (Lipinski definition) is 2. The molecule has 0 radical (unpaired) electrons. The summed E-state index contributed by atoms with van der Waals surface area (Å²) >= 11 is 6.06. The summed E-state index contributed by atoms with van der Waals surface area (Å²) in [4.78, 5) is 12.0. The van der Waals surface area contributed by atoms with Gasteiger partial charge in [0, 0.05) is 5.69 Å². The van der Waals surface area contributed by atoms with Crippen LogP contribution in [0.3, 0.4) is 0 Å². The summed E-state index contributed by atoms with van der Waals surface area (Å²) in [6.45, 7) is 1.81. The van der Waals surface area contributed by atoms with Crippen molar-refractivity contribution >= 4 is 28.9 Å². The molecule has 0 aliphatic heterocycles. The second kappa shape index (κ2) is 5.28. The molecule has 3 N–H and O–H groups in total. The van der Waals surface area contributed by atoms with Gasteiger partial charge >= 0.3 is 0 Å². The fourth-order valence-electron chi connectivity index (χ4n) is 1.63. The molecule has 3 nitrogen and oxygen atoms in total. The average molecular weight is 279 g/mol. The lowest BCUT2D eigenvalue weighted by Gasteiger charge is -2.08.